The van der Waals surface area contributed by atoms with Crippen molar-refractivity contribution in [3.05, 3.63) is 128 Å². The molecule has 3 aromatic carbocycles. The average Bonchev–Trinajstić information content (AvgIpc) is 3.49. The van der Waals surface area contributed by atoms with Crippen LogP contribution in [0.3, 0.4) is 0 Å². The highest BCUT2D eigenvalue weighted by molar-refractivity contribution is 7.98. The number of nitrogens with zero attached hydrogens (tertiary/aromatic N) is 4. The SMILES string of the molecule is [C-]#[N+]c1c(-c2cccc(-n3ccnc3)c2)nc(SCc2cccc(NC(=O)c3ccc(Cl)c(Cl)c3)c2)[nH]c1=O. The number of hydrogen-bond acceptors (Lipinski definition) is 5. The average molecular weight is 573 g/mol. The second kappa shape index (κ2) is 11.6. The topological polar surface area (TPSA) is 97.0 Å². The number of rotatable bonds is 7. The van der Waals surface area contributed by atoms with Gasteiger partial charge in [-0.2, -0.15) is 0 Å². The molecule has 39 heavy (non-hydrogen) atoms. The third kappa shape index (κ3) is 6.04. The maximum absolute atomic E-state index is 12.7. The van der Waals surface area contributed by atoms with E-state index in [9.17, 15) is 9.59 Å². The molecule has 192 valence electrons. The molecule has 0 spiro atoms. The van der Waals surface area contributed by atoms with Gasteiger partial charge in [-0.3, -0.25) is 9.59 Å². The third-order valence-corrected chi connectivity index (χ3v) is 7.33. The van der Waals surface area contributed by atoms with E-state index in [-0.39, 0.29) is 11.6 Å². The fraction of sp³-hybridized carbons (Fsp3) is 0.0357. The van der Waals surface area contributed by atoms with Gasteiger partial charge in [0, 0.05) is 35.1 Å². The fourth-order valence-corrected chi connectivity index (χ4v) is 4.88. The van der Waals surface area contributed by atoms with E-state index in [0.717, 1.165) is 11.3 Å². The zero-order valence-electron chi connectivity index (χ0n) is 20.1. The minimum absolute atomic E-state index is 0.0749. The number of H-pyrrole nitrogens is 1. The van der Waals surface area contributed by atoms with Gasteiger partial charge in [0.2, 0.25) is 0 Å². The van der Waals surface area contributed by atoms with Crippen LogP contribution in [0.1, 0.15) is 15.9 Å². The van der Waals surface area contributed by atoms with Crippen molar-refractivity contribution < 1.29 is 4.79 Å². The van der Waals surface area contributed by atoms with Gasteiger partial charge in [-0.25, -0.2) is 14.8 Å². The Labute approximate surface area is 237 Å². The number of aromatic nitrogens is 4. The number of thioether (sulfide) groups is 1. The number of halogens is 2. The number of carbonyl (C=O) groups excluding carboxylic acids is 1. The summed E-state index contributed by atoms with van der Waals surface area (Å²) in [5.41, 5.74) is 3.08. The molecule has 8 nitrogen and oxygen atoms in total. The molecule has 0 aliphatic rings. The Morgan fingerprint density at radius 1 is 1.08 bits per heavy atom. The summed E-state index contributed by atoms with van der Waals surface area (Å²) in [7, 11) is 0. The first kappa shape index (κ1) is 26.3. The molecule has 0 atom stereocenters. The lowest BCUT2D eigenvalue weighted by molar-refractivity contribution is 0.102. The summed E-state index contributed by atoms with van der Waals surface area (Å²) in [6, 6.07) is 19.4. The van der Waals surface area contributed by atoms with Crippen LogP contribution in [-0.2, 0) is 5.75 Å². The fourth-order valence-electron chi connectivity index (χ4n) is 3.78. The zero-order chi connectivity index (χ0) is 27.4. The Kier molecular flexibility index (Phi) is 7.79. The number of imidazole rings is 1. The first-order valence-corrected chi connectivity index (χ1v) is 13.2. The van der Waals surface area contributed by atoms with Crippen molar-refractivity contribution in [3.8, 4) is 16.9 Å². The number of carbonyl (C=O) groups is 1. The zero-order valence-corrected chi connectivity index (χ0v) is 22.4. The molecular formula is C28H18Cl2N6O2S. The van der Waals surface area contributed by atoms with Crippen LogP contribution < -0.4 is 10.9 Å². The lowest BCUT2D eigenvalue weighted by Crippen LogP contribution is -2.12. The maximum Gasteiger partial charge on any atom is 0.276 e. The molecule has 0 bridgehead atoms. The highest BCUT2D eigenvalue weighted by Crippen LogP contribution is 2.30. The van der Waals surface area contributed by atoms with Crippen molar-refractivity contribution in [2.45, 2.75) is 10.9 Å². The molecule has 0 saturated heterocycles. The summed E-state index contributed by atoms with van der Waals surface area (Å²) in [5.74, 6) is 0.146. The van der Waals surface area contributed by atoms with E-state index in [4.69, 9.17) is 29.8 Å². The van der Waals surface area contributed by atoms with E-state index in [2.05, 4.69) is 25.1 Å². The van der Waals surface area contributed by atoms with E-state index in [1.807, 2.05) is 53.2 Å². The third-order valence-electron chi connectivity index (χ3n) is 5.65. The summed E-state index contributed by atoms with van der Waals surface area (Å²) in [6.45, 7) is 7.53. The molecule has 2 N–H and O–H groups in total. The molecule has 0 aliphatic carbocycles. The summed E-state index contributed by atoms with van der Waals surface area (Å²) < 4.78 is 1.83. The predicted molar refractivity (Wildman–Crippen MR) is 154 cm³/mol. The van der Waals surface area contributed by atoms with Gasteiger partial charge >= 0.3 is 0 Å². The van der Waals surface area contributed by atoms with Crippen molar-refractivity contribution in [2.24, 2.45) is 0 Å². The van der Waals surface area contributed by atoms with E-state index < -0.39 is 5.56 Å². The van der Waals surface area contributed by atoms with Gasteiger partial charge in [-0.05, 0) is 53.6 Å². The van der Waals surface area contributed by atoms with Gasteiger partial charge in [-0.15, -0.1) is 0 Å². The molecule has 0 unspecified atom stereocenters. The normalized spacial score (nSPS) is 10.7. The highest BCUT2D eigenvalue weighted by Gasteiger charge is 2.15. The minimum Gasteiger partial charge on any atom is -0.322 e. The van der Waals surface area contributed by atoms with E-state index in [1.54, 1.807) is 30.7 Å². The maximum atomic E-state index is 12.7. The predicted octanol–water partition coefficient (Wildman–Crippen LogP) is 7.02. The largest absolute Gasteiger partial charge is 0.322 e. The lowest BCUT2D eigenvalue weighted by atomic mass is 10.1. The molecule has 11 heteroatoms. The van der Waals surface area contributed by atoms with Crippen LogP contribution in [0, 0.1) is 6.57 Å². The Bertz CT molecular complexity index is 1780. The van der Waals surface area contributed by atoms with Crippen molar-refractivity contribution in [1.29, 1.82) is 0 Å². The molecule has 0 radical (unpaired) electrons. The first-order valence-electron chi connectivity index (χ1n) is 11.5. The van der Waals surface area contributed by atoms with E-state index in [1.165, 1.54) is 17.8 Å². The second-order valence-electron chi connectivity index (χ2n) is 8.27. The molecule has 5 rings (SSSR count). The monoisotopic (exact) mass is 572 g/mol. The Morgan fingerprint density at radius 3 is 2.69 bits per heavy atom. The Balaban J connectivity index is 1.35. The number of hydrogen-bond donors (Lipinski definition) is 2. The van der Waals surface area contributed by atoms with Crippen LogP contribution in [-0.4, -0.2) is 25.4 Å². The molecule has 0 saturated carbocycles. The number of nitrogens with one attached hydrogen (secondary N) is 2. The smallest absolute Gasteiger partial charge is 0.276 e. The van der Waals surface area contributed by atoms with Gasteiger partial charge in [0.1, 0.15) is 0 Å². The van der Waals surface area contributed by atoms with Crippen molar-refractivity contribution >= 4 is 52.2 Å². The Hall–Kier alpha value is -4.36. The summed E-state index contributed by atoms with van der Waals surface area (Å²) in [5, 5.41) is 3.90. The van der Waals surface area contributed by atoms with Gasteiger partial charge < -0.3 is 14.9 Å². The van der Waals surface area contributed by atoms with Crippen molar-refractivity contribution in [2.75, 3.05) is 5.32 Å². The van der Waals surface area contributed by atoms with Gasteiger partial charge in [0.15, 0.2) is 5.16 Å². The molecule has 0 fully saturated rings. The molecular weight excluding hydrogens is 555 g/mol. The molecule has 5 aromatic rings. The van der Waals surface area contributed by atoms with E-state index >= 15 is 0 Å². The quantitative estimate of drug-likeness (QED) is 0.124. The van der Waals surface area contributed by atoms with Crippen molar-refractivity contribution in [1.82, 2.24) is 19.5 Å². The molecule has 2 heterocycles. The van der Waals surface area contributed by atoms with Crippen molar-refractivity contribution in [3.63, 3.8) is 0 Å². The lowest BCUT2D eigenvalue weighted by Gasteiger charge is -2.10. The number of benzene rings is 3. The highest BCUT2D eigenvalue weighted by atomic mass is 35.5. The van der Waals surface area contributed by atoms with Gasteiger partial charge in [0.05, 0.1) is 28.6 Å². The molecule has 2 aromatic heterocycles. The summed E-state index contributed by atoms with van der Waals surface area (Å²) >= 11 is 13.3. The van der Waals surface area contributed by atoms with Crippen LogP contribution >= 0.6 is 35.0 Å². The standard InChI is InChI=1S/C28H18Cl2N6O2S/c1-31-25-24(18-5-3-7-21(13-18)36-11-10-32-16-36)34-28(35-27(25)38)39-15-17-4-2-6-20(12-17)33-26(37)19-8-9-22(29)23(30)14-19/h2-14,16H,15H2,(H,33,37)(H,34,35,38). The van der Waals surface area contributed by atoms with Gasteiger partial charge in [-0.1, -0.05) is 59.2 Å². The Morgan fingerprint density at radius 2 is 1.92 bits per heavy atom. The van der Waals surface area contributed by atoms with Crippen LogP contribution in [0.25, 0.3) is 21.8 Å². The minimum atomic E-state index is -0.506. The van der Waals surface area contributed by atoms with Crippen LogP contribution in [0.4, 0.5) is 11.4 Å². The molecule has 0 aliphatic heterocycles. The van der Waals surface area contributed by atoms with Crippen LogP contribution in [0.2, 0.25) is 10.0 Å². The van der Waals surface area contributed by atoms with Crippen LogP contribution in [0.5, 0.6) is 0 Å². The second-order valence-corrected chi connectivity index (χ2v) is 10.1. The summed E-state index contributed by atoms with van der Waals surface area (Å²) in [6.07, 6.45) is 5.15. The number of amides is 1. The number of anilines is 1. The summed E-state index contributed by atoms with van der Waals surface area (Å²) in [4.78, 5) is 40.2. The molecule has 1 amide bonds. The number of aromatic amines is 1. The van der Waals surface area contributed by atoms with Gasteiger partial charge in [0.25, 0.3) is 17.2 Å². The van der Waals surface area contributed by atoms with E-state index in [0.29, 0.717) is 43.5 Å². The van der Waals surface area contributed by atoms with Crippen LogP contribution in [0.15, 0.2) is 95.4 Å². The first-order chi connectivity index (χ1) is 18.9.